The number of nitrogens with one attached hydrogen (secondary N) is 2. The molecule has 0 aliphatic rings. The Labute approximate surface area is 172 Å². The van der Waals surface area contributed by atoms with E-state index in [0.717, 1.165) is 12.1 Å². The monoisotopic (exact) mass is 428 g/mol. The zero-order valence-corrected chi connectivity index (χ0v) is 17.0. The maximum absolute atomic E-state index is 13.9. The molecule has 2 aromatic rings. The predicted molar refractivity (Wildman–Crippen MR) is 106 cm³/mol. The number of para-hydroxylation sites is 2. The number of alkyl halides is 3. The van der Waals surface area contributed by atoms with E-state index in [2.05, 4.69) is 10.6 Å². The topological polar surface area (TPSA) is 70.6 Å². The molecular weight excluding hydrogens is 404 g/mol. The van der Waals surface area contributed by atoms with Gasteiger partial charge in [-0.05, 0) is 35.7 Å². The van der Waals surface area contributed by atoms with Crippen LogP contribution in [-0.4, -0.2) is 36.9 Å². The van der Waals surface area contributed by atoms with Gasteiger partial charge in [0.05, 0.1) is 18.5 Å². The minimum atomic E-state index is -5.29. The summed E-state index contributed by atoms with van der Waals surface area (Å²) in [4.78, 5) is 12.7. The van der Waals surface area contributed by atoms with E-state index in [1.54, 1.807) is 19.2 Å². The predicted octanol–water partition coefficient (Wildman–Crippen LogP) is 4.48. The van der Waals surface area contributed by atoms with Crippen LogP contribution in [0.15, 0.2) is 42.5 Å². The molecule has 0 fully saturated rings. The first-order chi connectivity index (χ1) is 13.9. The molecule has 0 aromatic heterocycles. The lowest BCUT2D eigenvalue weighted by atomic mass is 9.74. The minimum Gasteiger partial charge on any atom is -0.496 e. The molecule has 1 unspecified atom stereocenters. The molecule has 3 N–H and O–H groups in total. The Morgan fingerprint density at radius 1 is 1.10 bits per heavy atom. The second-order valence-electron chi connectivity index (χ2n) is 7.51. The Morgan fingerprint density at radius 2 is 1.70 bits per heavy atom. The molecule has 0 bridgehead atoms. The fraction of sp³-hybridized carbons (Fsp3) is 0.381. The quantitative estimate of drug-likeness (QED) is 0.569. The van der Waals surface area contributed by atoms with Crippen LogP contribution in [0.25, 0.3) is 0 Å². The van der Waals surface area contributed by atoms with Crippen LogP contribution in [0.5, 0.6) is 5.75 Å². The van der Waals surface area contributed by atoms with E-state index in [1.807, 2.05) is 0 Å². The second-order valence-corrected chi connectivity index (χ2v) is 7.51. The normalized spacial score (nSPS) is 14.0. The van der Waals surface area contributed by atoms with Gasteiger partial charge in [-0.3, -0.25) is 4.79 Å². The fourth-order valence-corrected chi connectivity index (χ4v) is 3.29. The molecule has 0 aliphatic heterocycles. The third kappa shape index (κ3) is 4.67. The molecule has 1 amide bonds. The Morgan fingerprint density at radius 3 is 2.23 bits per heavy atom. The molecule has 0 saturated carbocycles. The summed E-state index contributed by atoms with van der Waals surface area (Å²) >= 11 is 0. The van der Waals surface area contributed by atoms with Crippen molar-refractivity contribution >= 4 is 17.3 Å². The van der Waals surface area contributed by atoms with Gasteiger partial charge >= 0.3 is 6.18 Å². The first-order valence-corrected chi connectivity index (χ1v) is 9.07. The zero-order chi connectivity index (χ0) is 22.7. The van der Waals surface area contributed by atoms with Crippen molar-refractivity contribution in [3.05, 3.63) is 53.8 Å². The summed E-state index contributed by atoms with van der Waals surface area (Å²) in [5.74, 6) is -2.17. The van der Waals surface area contributed by atoms with Gasteiger partial charge in [-0.25, -0.2) is 4.39 Å². The molecule has 164 valence electrons. The number of anilines is 2. The van der Waals surface area contributed by atoms with Crippen LogP contribution in [-0.2, 0) is 10.2 Å². The molecule has 0 heterocycles. The summed E-state index contributed by atoms with van der Waals surface area (Å²) < 4.78 is 60.7. The highest BCUT2D eigenvalue weighted by atomic mass is 19.4. The summed E-state index contributed by atoms with van der Waals surface area (Å²) in [6.45, 7) is 2.74. The van der Waals surface area contributed by atoms with Crippen molar-refractivity contribution in [2.75, 3.05) is 24.8 Å². The lowest BCUT2D eigenvalue weighted by Crippen LogP contribution is -2.57. The van der Waals surface area contributed by atoms with Crippen LogP contribution < -0.4 is 15.4 Å². The zero-order valence-electron chi connectivity index (χ0n) is 17.0. The van der Waals surface area contributed by atoms with Crippen molar-refractivity contribution in [2.24, 2.45) is 0 Å². The number of carbonyl (C=O) groups is 1. The molecule has 0 spiro atoms. The van der Waals surface area contributed by atoms with Gasteiger partial charge < -0.3 is 20.5 Å². The third-order valence-electron chi connectivity index (χ3n) is 4.88. The van der Waals surface area contributed by atoms with Crippen LogP contribution in [0.3, 0.4) is 0 Å². The molecule has 0 aliphatic carbocycles. The molecule has 2 rings (SSSR count). The average molecular weight is 428 g/mol. The number of rotatable bonds is 7. The van der Waals surface area contributed by atoms with Gasteiger partial charge in [-0.15, -0.1) is 0 Å². The maximum atomic E-state index is 13.9. The van der Waals surface area contributed by atoms with Crippen molar-refractivity contribution in [1.29, 1.82) is 0 Å². The second kappa shape index (κ2) is 8.51. The Bertz CT molecular complexity index is 915. The number of methoxy groups -OCH3 is 1. The van der Waals surface area contributed by atoms with Crippen LogP contribution >= 0.6 is 0 Å². The van der Waals surface area contributed by atoms with E-state index in [0.29, 0.717) is 5.69 Å². The number of carbonyl (C=O) groups excluding carboxylic acids is 1. The first-order valence-electron chi connectivity index (χ1n) is 9.07. The fourth-order valence-electron chi connectivity index (χ4n) is 3.29. The Balaban J connectivity index is 2.46. The number of hydrogen-bond donors (Lipinski definition) is 3. The molecule has 30 heavy (non-hydrogen) atoms. The van der Waals surface area contributed by atoms with E-state index in [-0.39, 0.29) is 17.0 Å². The van der Waals surface area contributed by atoms with E-state index in [1.165, 1.54) is 39.2 Å². The largest absolute Gasteiger partial charge is 0.496 e. The minimum absolute atomic E-state index is 0.0776. The number of benzene rings is 2. The van der Waals surface area contributed by atoms with E-state index in [9.17, 15) is 27.5 Å². The molecule has 0 radical (unpaired) electrons. The number of hydrogen-bond acceptors (Lipinski definition) is 4. The summed E-state index contributed by atoms with van der Waals surface area (Å²) in [6.07, 6.45) is -6.35. The van der Waals surface area contributed by atoms with Gasteiger partial charge in [-0.2, -0.15) is 13.2 Å². The van der Waals surface area contributed by atoms with E-state index >= 15 is 0 Å². The number of amides is 1. The highest BCUT2D eigenvalue weighted by Crippen LogP contribution is 2.44. The van der Waals surface area contributed by atoms with Gasteiger partial charge in [0, 0.05) is 19.0 Å². The van der Waals surface area contributed by atoms with Gasteiger partial charge in [0.15, 0.2) is 0 Å². The summed E-state index contributed by atoms with van der Waals surface area (Å²) in [5, 5.41) is 15.5. The molecule has 2 aromatic carbocycles. The molecule has 1 atom stereocenters. The number of aliphatic hydroxyl groups is 1. The molecule has 0 saturated heterocycles. The van der Waals surface area contributed by atoms with E-state index in [4.69, 9.17) is 4.74 Å². The van der Waals surface area contributed by atoms with Crippen LogP contribution in [0.1, 0.15) is 25.8 Å². The lowest BCUT2D eigenvalue weighted by Gasteiger charge is -2.37. The average Bonchev–Trinajstić information content (AvgIpc) is 2.67. The van der Waals surface area contributed by atoms with Crippen molar-refractivity contribution in [3.8, 4) is 5.75 Å². The standard InChI is InChI=1S/C21H24F4N2O3/c1-19(2,14-11-13(22)9-10-17(14)30-4)12-20(29,21(23,24)25)18(28)27-16-8-6-5-7-15(16)26-3/h5-11,26,29H,12H2,1-4H3,(H,27,28). The lowest BCUT2D eigenvalue weighted by molar-refractivity contribution is -0.254. The van der Waals surface area contributed by atoms with Crippen molar-refractivity contribution in [1.82, 2.24) is 0 Å². The van der Waals surface area contributed by atoms with Gasteiger partial charge in [0.2, 0.25) is 5.60 Å². The molecular formula is C21H24F4N2O3. The Hall–Kier alpha value is -2.81. The first kappa shape index (κ1) is 23.5. The number of ether oxygens (including phenoxy) is 1. The van der Waals surface area contributed by atoms with Crippen LogP contribution in [0.4, 0.5) is 28.9 Å². The van der Waals surface area contributed by atoms with Crippen LogP contribution in [0.2, 0.25) is 0 Å². The van der Waals surface area contributed by atoms with Crippen molar-refractivity contribution in [2.45, 2.75) is 37.5 Å². The molecule has 9 heteroatoms. The highest BCUT2D eigenvalue weighted by molar-refractivity contribution is 6.00. The van der Waals surface area contributed by atoms with Crippen molar-refractivity contribution in [3.63, 3.8) is 0 Å². The third-order valence-corrected chi connectivity index (χ3v) is 4.88. The number of halogens is 4. The summed E-state index contributed by atoms with van der Waals surface area (Å²) in [5.41, 5.74) is -4.67. The SMILES string of the molecule is CNc1ccccc1NC(=O)C(O)(CC(C)(C)c1cc(F)ccc1OC)C(F)(F)F. The maximum Gasteiger partial charge on any atom is 0.426 e. The molecule has 5 nitrogen and oxygen atoms in total. The van der Waals surface area contributed by atoms with Gasteiger partial charge in [0.25, 0.3) is 5.91 Å². The van der Waals surface area contributed by atoms with Gasteiger partial charge in [-0.1, -0.05) is 26.0 Å². The Kier molecular flexibility index (Phi) is 6.66. The highest BCUT2D eigenvalue weighted by Gasteiger charge is 2.61. The van der Waals surface area contributed by atoms with Gasteiger partial charge in [0.1, 0.15) is 11.6 Å². The van der Waals surface area contributed by atoms with Crippen molar-refractivity contribution < 1.29 is 32.2 Å². The van der Waals surface area contributed by atoms with E-state index < -0.39 is 35.3 Å². The smallest absolute Gasteiger partial charge is 0.426 e. The van der Waals surface area contributed by atoms with Crippen LogP contribution in [0, 0.1) is 5.82 Å². The summed E-state index contributed by atoms with van der Waals surface area (Å²) in [6, 6.07) is 9.55. The summed E-state index contributed by atoms with van der Waals surface area (Å²) in [7, 11) is 2.84.